The number of hydrogen-bond acceptors (Lipinski definition) is 2. The fourth-order valence-electron chi connectivity index (χ4n) is 0.223. The second-order valence-corrected chi connectivity index (χ2v) is 1.68. The van der Waals surface area contributed by atoms with Crippen LogP contribution in [0.1, 0.15) is 0 Å². The number of rotatable bonds is 2. The van der Waals surface area contributed by atoms with Gasteiger partial charge in [-0.25, -0.2) is 0 Å². The summed E-state index contributed by atoms with van der Waals surface area (Å²) < 4.78 is 0. The summed E-state index contributed by atoms with van der Waals surface area (Å²) in [6, 6.07) is 0. The summed E-state index contributed by atoms with van der Waals surface area (Å²) in [6.07, 6.45) is 2.91. The molecule has 0 bridgehead atoms. The van der Waals surface area contributed by atoms with Gasteiger partial charge >= 0.3 is 0 Å². The Morgan fingerprint density at radius 1 is 1.62 bits per heavy atom. The van der Waals surface area contributed by atoms with Crippen LogP contribution in [0.5, 0.6) is 0 Å². The second-order valence-electron chi connectivity index (χ2n) is 1.68. The van der Waals surface area contributed by atoms with Crippen molar-refractivity contribution in [2.45, 2.75) is 0 Å². The van der Waals surface area contributed by atoms with Crippen molar-refractivity contribution in [3.05, 3.63) is 12.3 Å². The molecule has 0 fully saturated rings. The molecule has 0 spiro atoms. The molecule has 0 aliphatic heterocycles. The van der Waals surface area contributed by atoms with Crippen molar-refractivity contribution in [2.24, 2.45) is 5.73 Å². The zero-order valence-corrected chi connectivity index (χ0v) is 5.09. The molecule has 0 aromatic heterocycles. The van der Waals surface area contributed by atoms with Gasteiger partial charge in [0, 0.05) is 26.4 Å². The predicted octanol–water partition coefficient (Wildman–Crippen LogP) is -0.453. The minimum absolute atomic E-state index is 0.418. The molecule has 0 unspecified atom stereocenters. The van der Waals surface area contributed by atoms with Crippen LogP contribution in [0.4, 0.5) is 0 Å². The number of carbonyl (C=O) groups excluding carboxylic acids is 1. The number of amides is 1. The molecule has 0 aliphatic rings. The summed E-state index contributed by atoms with van der Waals surface area (Å²) in [5.41, 5.74) is 4.79. The maximum atomic E-state index is 10.0. The second kappa shape index (κ2) is 3.07. The van der Waals surface area contributed by atoms with Crippen LogP contribution >= 0.6 is 0 Å². The normalized spacial score (nSPS) is 9.75. The molecule has 2 N–H and O–H groups in total. The van der Waals surface area contributed by atoms with Gasteiger partial charge in [-0.15, -0.1) is 0 Å². The van der Waals surface area contributed by atoms with E-state index in [-0.39, 0.29) is 0 Å². The van der Waals surface area contributed by atoms with Crippen molar-refractivity contribution in [3.8, 4) is 0 Å². The summed E-state index contributed by atoms with van der Waals surface area (Å²) in [5, 5.41) is 0. The summed E-state index contributed by atoms with van der Waals surface area (Å²) in [4.78, 5) is 11.8. The number of nitrogens with zero attached hydrogens (tertiary/aromatic N) is 1. The molecule has 0 radical (unpaired) electrons. The molecular weight excluding hydrogens is 104 g/mol. The summed E-state index contributed by atoms with van der Waals surface area (Å²) in [6.45, 7) is 0. The van der Waals surface area contributed by atoms with Crippen LogP contribution in [-0.4, -0.2) is 24.9 Å². The first kappa shape index (κ1) is 7.01. The van der Waals surface area contributed by atoms with Gasteiger partial charge in [0.25, 0.3) is 0 Å². The fraction of sp³-hybridized carbons (Fsp3) is 0.400. The van der Waals surface area contributed by atoms with Gasteiger partial charge in [-0.3, -0.25) is 4.79 Å². The van der Waals surface area contributed by atoms with E-state index < -0.39 is 5.91 Å². The Labute approximate surface area is 48.8 Å². The number of carbonyl (C=O) groups is 1. The van der Waals surface area contributed by atoms with Crippen molar-refractivity contribution >= 4 is 5.91 Å². The van der Waals surface area contributed by atoms with Gasteiger partial charge in [-0.2, -0.15) is 0 Å². The van der Waals surface area contributed by atoms with E-state index in [0.29, 0.717) is 0 Å². The van der Waals surface area contributed by atoms with Crippen molar-refractivity contribution in [1.29, 1.82) is 0 Å². The van der Waals surface area contributed by atoms with E-state index in [1.807, 2.05) is 14.1 Å². The molecule has 46 valence electrons. The smallest absolute Gasteiger partial charge is 0.242 e. The number of hydrogen-bond donors (Lipinski definition) is 1. The van der Waals surface area contributed by atoms with Crippen LogP contribution in [0.2, 0.25) is 0 Å². The Morgan fingerprint density at radius 3 is 2.25 bits per heavy atom. The molecule has 0 atom stereocenters. The lowest BCUT2D eigenvalue weighted by atomic mass is 10.6. The highest BCUT2D eigenvalue weighted by Gasteiger charge is 1.80. The SMILES string of the molecule is CN(C)C=CC(N)=O. The first-order chi connectivity index (χ1) is 3.63. The highest BCUT2D eigenvalue weighted by Crippen LogP contribution is 1.73. The van der Waals surface area contributed by atoms with Crippen molar-refractivity contribution in [3.63, 3.8) is 0 Å². The van der Waals surface area contributed by atoms with E-state index >= 15 is 0 Å². The van der Waals surface area contributed by atoms with Gasteiger partial charge in [0.05, 0.1) is 0 Å². The number of nitrogens with two attached hydrogens (primary N) is 1. The van der Waals surface area contributed by atoms with Crippen LogP contribution in [0.3, 0.4) is 0 Å². The molecule has 0 rings (SSSR count). The van der Waals surface area contributed by atoms with Crippen molar-refractivity contribution in [1.82, 2.24) is 4.90 Å². The first-order valence-corrected chi connectivity index (χ1v) is 2.27. The quantitative estimate of drug-likeness (QED) is 0.494. The number of primary amides is 1. The lowest BCUT2D eigenvalue weighted by Crippen LogP contribution is -2.09. The maximum absolute atomic E-state index is 10.0. The Morgan fingerprint density at radius 2 is 2.12 bits per heavy atom. The van der Waals surface area contributed by atoms with E-state index in [4.69, 9.17) is 5.73 Å². The van der Waals surface area contributed by atoms with E-state index in [2.05, 4.69) is 0 Å². The van der Waals surface area contributed by atoms with E-state index in [1.54, 1.807) is 11.1 Å². The molecule has 0 heterocycles. The molecular formula is C5H10N2O. The molecule has 8 heavy (non-hydrogen) atoms. The Kier molecular flexibility index (Phi) is 2.69. The van der Waals surface area contributed by atoms with Crippen LogP contribution < -0.4 is 5.73 Å². The average molecular weight is 114 g/mol. The topological polar surface area (TPSA) is 46.3 Å². The molecule has 3 heteroatoms. The van der Waals surface area contributed by atoms with E-state index in [9.17, 15) is 4.79 Å². The summed E-state index contributed by atoms with van der Waals surface area (Å²) in [7, 11) is 3.64. The summed E-state index contributed by atoms with van der Waals surface area (Å²) in [5.74, 6) is -0.418. The van der Waals surface area contributed by atoms with Crippen molar-refractivity contribution in [2.75, 3.05) is 14.1 Å². The molecule has 0 aromatic rings. The van der Waals surface area contributed by atoms with Gasteiger partial charge < -0.3 is 10.6 Å². The van der Waals surface area contributed by atoms with E-state index in [1.165, 1.54) is 6.08 Å². The van der Waals surface area contributed by atoms with Gasteiger partial charge in [-0.05, 0) is 0 Å². The molecule has 0 aromatic carbocycles. The standard InChI is InChI=1S/C5H10N2O/c1-7(2)4-3-5(6)8/h3-4H,1-2H3,(H2,6,8). The Balaban J connectivity index is 3.50. The Bertz CT molecular complexity index is 107. The zero-order valence-electron chi connectivity index (χ0n) is 5.09. The highest BCUT2D eigenvalue weighted by atomic mass is 16.1. The minimum Gasteiger partial charge on any atom is -0.383 e. The fourth-order valence-corrected chi connectivity index (χ4v) is 0.223. The third kappa shape index (κ3) is 5.01. The molecule has 3 nitrogen and oxygen atoms in total. The Hall–Kier alpha value is -0.990. The first-order valence-electron chi connectivity index (χ1n) is 2.27. The van der Waals surface area contributed by atoms with Crippen LogP contribution in [-0.2, 0) is 4.79 Å². The third-order valence-electron chi connectivity index (χ3n) is 0.537. The largest absolute Gasteiger partial charge is 0.383 e. The van der Waals surface area contributed by atoms with Crippen molar-refractivity contribution < 1.29 is 4.79 Å². The van der Waals surface area contributed by atoms with Crippen LogP contribution in [0.15, 0.2) is 12.3 Å². The van der Waals surface area contributed by atoms with Gasteiger partial charge in [0.2, 0.25) is 5.91 Å². The monoisotopic (exact) mass is 114 g/mol. The van der Waals surface area contributed by atoms with Gasteiger partial charge in [0.1, 0.15) is 0 Å². The maximum Gasteiger partial charge on any atom is 0.242 e. The van der Waals surface area contributed by atoms with Crippen LogP contribution in [0.25, 0.3) is 0 Å². The lowest BCUT2D eigenvalue weighted by molar-refractivity contribution is -0.113. The predicted molar refractivity (Wildman–Crippen MR) is 32.0 cm³/mol. The average Bonchev–Trinajstić information content (AvgIpc) is 1.61. The molecule has 0 saturated heterocycles. The minimum atomic E-state index is -0.418. The molecule has 1 amide bonds. The van der Waals surface area contributed by atoms with Gasteiger partial charge in [0.15, 0.2) is 0 Å². The molecule has 0 aliphatic carbocycles. The highest BCUT2D eigenvalue weighted by molar-refractivity contribution is 5.85. The third-order valence-corrected chi connectivity index (χ3v) is 0.537. The summed E-state index contributed by atoms with van der Waals surface area (Å²) >= 11 is 0. The van der Waals surface area contributed by atoms with Crippen LogP contribution in [0, 0.1) is 0 Å². The lowest BCUT2D eigenvalue weighted by Gasteiger charge is -2.00. The van der Waals surface area contributed by atoms with Gasteiger partial charge in [-0.1, -0.05) is 0 Å². The van der Waals surface area contributed by atoms with E-state index in [0.717, 1.165) is 0 Å². The molecule has 0 saturated carbocycles. The zero-order chi connectivity index (χ0) is 6.57.